The number of carbonyl (C=O) groups is 1. The maximum atomic E-state index is 10.9. The van der Waals surface area contributed by atoms with Crippen molar-refractivity contribution in [1.29, 1.82) is 0 Å². The first-order chi connectivity index (χ1) is 8.76. The van der Waals surface area contributed by atoms with E-state index in [1.807, 2.05) is 31.3 Å². The Bertz CT molecular complexity index is 349. The number of ether oxygens (including phenoxy) is 2. The normalized spacial score (nSPS) is 9.89. The van der Waals surface area contributed by atoms with Gasteiger partial charge in [-0.05, 0) is 43.5 Å². The fraction of sp³-hybridized carbons (Fsp3) is 0.500. The molecule has 0 bridgehead atoms. The lowest BCUT2D eigenvalue weighted by atomic mass is 10.2. The standard InChI is InChI=1S/C14H21NO3/c1-15-12-7-9-13(10-8-12)18-11-5-3-4-6-14(16)17-2/h7-10,15H,3-6,11H2,1-2H3. The van der Waals surface area contributed by atoms with Crippen LogP contribution in [0.2, 0.25) is 0 Å². The molecule has 0 aliphatic carbocycles. The van der Waals surface area contributed by atoms with Gasteiger partial charge in [-0.1, -0.05) is 0 Å². The van der Waals surface area contributed by atoms with Crippen molar-refractivity contribution in [3.05, 3.63) is 24.3 Å². The van der Waals surface area contributed by atoms with Gasteiger partial charge in [0.1, 0.15) is 5.75 Å². The lowest BCUT2D eigenvalue weighted by Crippen LogP contribution is -2.01. The summed E-state index contributed by atoms with van der Waals surface area (Å²) in [5.41, 5.74) is 1.07. The number of anilines is 1. The van der Waals surface area contributed by atoms with Crippen LogP contribution in [0.3, 0.4) is 0 Å². The number of rotatable bonds is 8. The zero-order valence-corrected chi connectivity index (χ0v) is 11.1. The van der Waals surface area contributed by atoms with Gasteiger partial charge in [0.05, 0.1) is 13.7 Å². The summed E-state index contributed by atoms with van der Waals surface area (Å²) in [7, 11) is 3.30. The first-order valence-corrected chi connectivity index (χ1v) is 6.23. The van der Waals surface area contributed by atoms with Crippen molar-refractivity contribution in [3.63, 3.8) is 0 Å². The highest BCUT2D eigenvalue weighted by atomic mass is 16.5. The van der Waals surface area contributed by atoms with E-state index in [4.69, 9.17) is 4.74 Å². The molecule has 1 aromatic carbocycles. The van der Waals surface area contributed by atoms with E-state index in [2.05, 4.69) is 10.1 Å². The van der Waals surface area contributed by atoms with Gasteiger partial charge >= 0.3 is 5.97 Å². The SMILES string of the molecule is CNc1ccc(OCCCCCC(=O)OC)cc1. The van der Waals surface area contributed by atoms with Gasteiger partial charge in [0.15, 0.2) is 0 Å². The van der Waals surface area contributed by atoms with Crippen LogP contribution in [-0.4, -0.2) is 26.7 Å². The maximum Gasteiger partial charge on any atom is 0.305 e. The average Bonchev–Trinajstić information content (AvgIpc) is 2.43. The fourth-order valence-corrected chi connectivity index (χ4v) is 1.56. The van der Waals surface area contributed by atoms with Crippen LogP contribution < -0.4 is 10.1 Å². The molecule has 0 aliphatic rings. The summed E-state index contributed by atoms with van der Waals surface area (Å²) >= 11 is 0. The molecule has 0 saturated heterocycles. The summed E-state index contributed by atoms with van der Waals surface area (Å²) in [6, 6.07) is 7.85. The fourth-order valence-electron chi connectivity index (χ4n) is 1.56. The molecule has 4 heteroatoms. The summed E-state index contributed by atoms with van der Waals surface area (Å²) in [4.78, 5) is 10.9. The zero-order chi connectivity index (χ0) is 13.2. The van der Waals surface area contributed by atoms with E-state index >= 15 is 0 Å². The first-order valence-electron chi connectivity index (χ1n) is 6.23. The Hall–Kier alpha value is -1.71. The van der Waals surface area contributed by atoms with E-state index in [9.17, 15) is 4.79 Å². The third kappa shape index (κ3) is 5.57. The molecule has 1 aromatic rings. The molecule has 0 atom stereocenters. The largest absolute Gasteiger partial charge is 0.494 e. The summed E-state index contributed by atoms with van der Waals surface area (Å²) in [6.45, 7) is 0.681. The molecule has 100 valence electrons. The second-order valence-electron chi connectivity index (χ2n) is 4.01. The molecule has 1 N–H and O–H groups in total. The van der Waals surface area contributed by atoms with Gasteiger partial charge in [0.2, 0.25) is 0 Å². The molecular formula is C14H21NO3. The summed E-state index contributed by atoms with van der Waals surface area (Å²) in [5, 5.41) is 3.05. The van der Waals surface area contributed by atoms with Crippen LogP contribution in [0.5, 0.6) is 5.75 Å². The lowest BCUT2D eigenvalue weighted by molar-refractivity contribution is -0.140. The van der Waals surface area contributed by atoms with Gasteiger partial charge in [0, 0.05) is 19.2 Å². The molecule has 0 radical (unpaired) electrons. The number of benzene rings is 1. The molecular weight excluding hydrogens is 230 g/mol. The number of hydrogen-bond donors (Lipinski definition) is 1. The van der Waals surface area contributed by atoms with Gasteiger partial charge in [-0.2, -0.15) is 0 Å². The maximum absolute atomic E-state index is 10.9. The molecule has 0 heterocycles. The summed E-state index contributed by atoms with van der Waals surface area (Å²) < 4.78 is 10.2. The Kier molecular flexibility index (Phi) is 6.69. The van der Waals surface area contributed by atoms with Gasteiger partial charge in [-0.3, -0.25) is 4.79 Å². The van der Waals surface area contributed by atoms with Crippen molar-refractivity contribution in [3.8, 4) is 5.75 Å². The first kappa shape index (κ1) is 14.4. The van der Waals surface area contributed by atoms with E-state index in [1.54, 1.807) is 0 Å². The van der Waals surface area contributed by atoms with Gasteiger partial charge < -0.3 is 14.8 Å². The molecule has 1 rings (SSSR count). The minimum Gasteiger partial charge on any atom is -0.494 e. The third-order valence-electron chi connectivity index (χ3n) is 2.66. The predicted octanol–water partition coefficient (Wildman–Crippen LogP) is 2.84. The summed E-state index contributed by atoms with van der Waals surface area (Å²) in [6.07, 6.45) is 3.27. The number of esters is 1. The van der Waals surface area contributed by atoms with Gasteiger partial charge in [0.25, 0.3) is 0 Å². The van der Waals surface area contributed by atoms with Crippen LogP contribution in [0.15, 0.2) is 24.3 Å². The minimum atomic E-state index is -0.140. The van der Waals surface area contributed by atoms with Crippen LogP contribution in [0.25, 0.3) is 0 Å². The monoisotopic (exact) mass is 251 g/mol. The molecule has 18 heavy (non-hydrogen) atoms. The smallest absolute Gasteiger partial charge is 0.305 e. The van der Waals surface area contributed by atoms with Crippen LogP contribution in [-0.2, 0) is 9.53 Å². The second kappa shape index (κ2) is 8.39. The van der Waals surface area contributed by atoms with Gasteiger partial charge in [-0.15, -0.1) is 0 Å². The Labute approximate surface area is 108 Å². The lowest BCUT2D eigenvalue weighted by Gasteiger charge is -2.07. The molecule has 0 aliphatic heterocycles. The number of carbonyl (C=O) groups excluding carboxylic acids is 1. The molecule has 4 nitrogen and oxygen atoms in total. The highest BCUT2D eigenvalue weighted by Crippen LogP contribution is 2.15. The molecule has 0 spiro atoms. The molecule has 0 unspecified atom stereocenters. The van der Waals surface area contributed by atoms with Crippen molar-refractivity contribution >= 4 is 11.7 Å². The Morgan fingerprint density at radius 2 is 1.89 bits per heavy atom. The van der Waals surface area contributed by atoms with Crippen molar-refractivity contribution in [2.45, 2.75) is 25.7 Å². The Balaban J connectivity index is 2.08. The molecule has 0 saturated carbocycles. The van der Waals surface area contributed by atoms with Crippen LogP contribution in [0, 0.1) is 0 Å². The topological polar surface area (TPSA) is 47.6 Å². The van der Waals surface area contributed by atoms with E-state index in [1.165, 1.54) is 7.11 Å². The highest BCUT2D eigenvalue weighted by Gasteiger charge is 1.99. The predicted molar refractivity (Wildman–Crippen MR) is 72.0 cm³/mol. The summed E-state index contributed by atoms with van der Waals surface area (Å²) in [5.74, 6) is 0.737. The van der Waals surface area contributed by atoms with Crippen LogP contribution in [0.1, 0.15) is 25.7 Å². The Morgan fingerprint density at radius 1 is 1.17 bits per heavy atom. The average molecular weight is 251 g/mol. The van der Waals surface area contributed by atoms with Crippen molar-refractivity contribution in [2.24, 2.45) is 0 Å². The van der Waals surface area contributed by atoms with Crippen molar-refractivity contribution in [1.82, 2.24) is 0 Å². The van der Waals surface area contributed by atoms with Crippen LogP contribution >= 0.6 is 0 Å². The number of hydrogen-bond acceptors (Lipinski definition) is 4. The Morgan fingerprint density at radius 3 is 2.50 bits per heavy atom. The van der Waals surface area contributed by atoms with E-state index in [0.717, 1.165) is 30.7 Å². The number of unbranched alkanes of at least 4 members (excludes halogenated alkanes) is 2. The number of nitrogens with one attached hydrogen (secondary N) is 1. The molecule has 0 fully saturated rings. The van der Waals surface area contributed by atoms with Gasteiger partial charge in [-0.25, -0.2) is 0 Å². The minimum absolute atomic E-state index is 0.140. The van der Waals surface area contributed by atoms with E-state index in [-0.39, 0.29) is 5.97 Å². The van der Waals surface area contributed by atoms with E-state index in [0.29, 0.717) is 13.0 Å². The van der Waals surface area contributed by atoms with E-state index < -0.39 is 0 Å². The highest BCUT2D eigenvalue weighted by molar-refractivity contribution is 5.68. The van der Waals surface area contributed by atoms with Crippen LogP contribution in [0.4, 0.5) is 5.69 Å². The quantitative estimate of drug-likeness (QED) is 0.570. The molecule has 0 amide bonds. The van der Waals surface area contributed by atoms with Crippen molar-refractivity contribution in [2.75, 3.05) is 26.1 Å². The van der Waals surface area contributed by atoms with Crippen molar-refractivity contribution < 1.29 is 14.3 Å². The number of methoxy groups -OCH3 is 1. The molecule has 0 aromatic heterocycles. The third-order valence-corrected chi connectivity index (χ3v) is 2.66. The second-order valence-corrected chi connectivity index (χ2v) is 4.01. The zero-order valence-electron chi connectivity index (χ0n) is 11.1.